The predicted octanol–water partition coefficient (Wildman–Crippen LogP) is 2.82. The maximum atomic E-state index is 13.0. The maximum absolute atomic E-state index is 13.0. The van der Waals surface area contributed by atoms with Crippen LogP contribution in [0.3, 0.4) is 0 Å². The van der Waals surface area contributed by atoms with E-state index in [-0.39, 0.29) is 4.47 Å². The molecule has 0 atom stereocenters. The van der Waals surface area contributed by atoms with Gasteiger partial charge in [0.1, 0.15) is 11.5 Å². The summed E-state index contributed by atoms with van der Waals surface area (Å²) in [6.07, 6.45) is -1.52. The minimum Gasteiger partial charge on any atom is -0.465 e. The van der Waals surface area contributed by atoms with E-state index < -0.39 is 23.4 Å². The lowest BCUT2D eigenvalue weighted by molar-refractivity contribution is 0.209. The van der Waals surface area contributed by atoms with Gasteiger partial charge >= 0.3 is 6.09 Å². The largest absolute Gasteiger partial charge is 0.465 e. The highest BCUT2D eigenvalue weighted by Crippen LogP contribution is 2.25. The van der Waals surface area contributed by atoms with E-state index in [9.17, 15) is 13.6 Å². The first-order chi connectivity index (χ1) is 6.02. The summed E-state index contributed by atoms with van der Waals surface area (Å²) < 4.78 is 25.8. The van der Waals surface area contributed by atoms with E-state index >= 15 is 0 Å². The van der Waals surface area contributed by atoms with Crippen molar-refractivity contribution in [3.8, 4) is 0 Å². The Labute approximate surface area is 80.5 Å². The highest BCUT2D eigenvalue weighted by molar-refractivity contribution is 9.10. The van der Waals surface area contributed by atoms with E-state index in [0.29, 0.717) is 0 Å². The molecular weight excluding hydrogens is 248 g/mol. The first kappa shape index (κ1) is 9.91. The van der Waals surface area contributed by atoms with E-state index in [1.54, 1.807) is 5.32 Å². The summed E-state index contributed by atoms with van der Waals surface area (Å²) in [5.74, 6) is -1.93. The Kier molecular flexibility index (Phi) is 2.82. The van der Waals surface area contributed by atoms with Gasteiger partial charge < -0.3 is 5.11 Å². The zero-order valence-corrected chi connectivity index (χ0v) is 7.73. The van der Waals surface area contributed by atoms with Crippen molar-refractivity contribution in [3.63, 3.8) is 0 Å². The van der Waals surface area contributed by atoms with Crippen LogP contribution in [0.4, 0.5) is 19.3 Å². The van der Waals surface area contributed by atoms with Gasteiger partial charge in [-0.05, 0) is 28.1 Å². The molecule has 70 valence electrons. The van der Waals surface area contributed by atoms with E-state index in [1.165, 1.54) is 0 Å². The standard InChI is InChI=1S/C7H4BrF2NO2/c8-3-1-2-4(9)6(5(3)10)11-7(12)13/h1-2,11H,(H,12,13). The Morgan fingerprint density at radius 3 is 2.62 bits per heavy atom. The first-order valence-electron chi connectivity index (χ1n) is 3.16. The second-order valence-corrected chi connectivity index (χ2v) is 3.00. The average Bonchev–Trinajstić information content (AvgIpc) is 2.05. The van der Waals surface area contributed by atoms with Crippen molar-refractivity contribution < 1.29 is 18.7 Å². The molecule has 2 N–H and O–H groups in total. The van der Waals surface area contributed by atoms with Gasteiger partial charge in [0.25, 0.3) is 0 Å². The third-order valence-electron chi connectivity index (χ3n) is 1.28. The Hall–Kier alpha value is -1.17. The van der Waals surface area contributed by atoms with Gasteiger partial charge in [-0.3, -0.25) is 5.32 Å². The monoisotopic (exact) mass is 251 g/mol. The molecule has 0 heterocycles. The number of hydrogen-bond donors (Lipinski definition) is 2. The number of rotatable bonds is 1. The van der Waals surface area contributed by atoms with E-state index in [4.69, 9.17) is 5.11 Å². The lowest BCUT2D eigenvalue weighted by Crippen LogP contribution is -2.10. The lowest BCUT2D eigenvalue weighted by Gasteiger charge is -2.04. The smallest absolute Gasteiger partial charge is 0.409 e. The molecule has 0 aromatic heterocycles. The zero-order chi connectivity index (χ0) is 10.0. The van der Waals surface area contributed by atoms with Gasteiger partial charge in [0, 0.05) is 0 Å². The maximum Gasteiger partial charge on any atom is 0.409 e. The number of hydrogen-bond acceptors (Lipinski definition) is 1. The molecule has 0 aliphatic heterocycles. The number of halogens is 3. The number of nitrogens with one attached hydrogen (secondary N) is 1. The molecule has 0 fully saturated rings. The normalized spacial score (nSPS) is 9.77. The van der Waals surface area contributed by atoms with E-state index in [1.807, 2.05) is 0 Å². The third kappa shape index (κ3) is 2.15. The fourth-order valence-electron chi connectivity index (χ4n) is 0.749. The zero-order valence-electron chi connectivity index (χ0n) is 6.14. The van der Waals surface area contributed by atoms with Crippen LogP contribution in [0.1, 0.15) is 0 Å². The molecule has 0 unspecified atom stereocenters. The van der Waals surface area contributed by atoms with Crippen molar-refractivity contribution in [2.45, 2.75) is 0 Å². The van der Waals surface area contributed by atoms with Crippen LogP contribution < -0.4 is 5.32 Å². The van der Waals surface area contributed by atoms with Crippen LogP contribution in [0.2, 0.25) is 0 Å². The highest BCUT2D eigenvalue weighted by atomic mass is 79.9. The van der Waals surface area contributed by atoms with Crippen LogP contribution in [0.5, 0.6) is 0 Å². The van der Waals surface area contributed by atoms with Gasteiger partial charge in [-0.15, -0.1) is 0 Å². The first-order valence-corrected chi connectivity index (χ1v) is 3.95. The van der Waals surface area contributed by atoms with E-state index in [2.05, 4.69) is 15.9 Å². The molecule has 13 heavy (non-hydrogen) atoms. The number of carbonyl (C=O) groups is 1. The summed E-state index contributed by atoms with van der Waals surface area (Å²) in [6.45, 7) is 0. The molecule has 1 amide bonds. The van der Waals surface area contributed by atoms with Crippen molar-refractivity contribution in [1.82, 2.24) is 0 Å². The van der Waals surface area contributed by atoms with Crippen LogP contribution in [-0.4, -0.2) is 11.2 Å². The van der Waals surface area contributed by atoms with Gasteiger partial charge in [0.2, 0.25) is 0 Å². The Morgan fingerprint density at radius 2 is 2.08 bits per heavy atom. The van der Waals surface area contributed by atoms with Crippen LogP contribution in [-0.2, 0) is 0 Å². The molecule has 1 rings (SSSR count). The molecule has 1 aromatic carbocycles. The van der Waals surface area contributed by atoms with Crippen molar-refractivity contribution in [2.24, 2.45) is 0 Å². The van der Waals surface area contributed by atoms with Gasteiger partial charge in [-0.25, -0.2) is 13.6 Å². The number of amides is 1. The SMILES string of the molecule is O=C(O)Nc1c(F)ccc(Br)c1F. The fraction of sp³-hybridized carbons (Fsp3) is 0. The van der Waals surface area contributed by atoms with Crippen molar-refractivity contribution in [2.75, 3.05) is 5.32 Å². The summed E-state index contributed by atoms with van der Waals surface area (Å²) in [5.41, 5.74) is -0.679. The summed E-state index contributed by atoms with van der Waals surface area (Å²) in [7, 11) is 0. The topological polar surface area (TPSA) is 49.3 Å². The molecule has 1 aromatic rings. The summed E-state index contributed by atoms with van der Waals surface area (Å²) in [4.78, 5) is 10.1. The Bertz CT molecular complexity index is 357. The Balaban J connectivity index is 3.17. The van der Waals surface area contributed by atoms with Crippen molar-refractivity contribution in [1.29, 1.82) is 0 Å². The van der Waals surface area contributed by atoms with Gasteiger partial charge in [-0.2, -0.15) is 0 Å². The van der Waals surface area contributed by atoms with Crippen LogP contribution >= 0.6 is 15.9 Å². The molecule has 6 heteroatoms. The van der Waals surface area contributed by atoms with Crippen LogP contribution in [0.15, 0.2) is 16.6 Å². The lowest BCUT2D eigenvalue weighted by atomic mass is 10.3. The third-order valence-corrected chi connectivity index (χ3v) is 1.89. The number of anilines is 1. The number of carboxylic acid groups (broad SMARTS) is 1. The minimum absolute atomic E-state index is 0.00218. The molecular formula is C7H4BrF2NO2. The molecule has 3 nitrogen and oxygen atoms in total. The highest BCUT2D eigenvalue weighted by Gasteiger charge is 2.13. The molecule has 0 saturated carbocycles. The van der Waals surface area contributed by atoms with E-state index in [0.717, 1.165) is 12.1 Å². The second-order valence-electron chi connectivity index (χ2n) is 2.15. The molecule has 0 aliphatic rings. The predicted molar refractivity (Wildman–Crippen MR) is 45.7 cm³/mol. The molecule has 0 saturated heterocycles. The van der Waals surface area contributed by atoms with Crippen molar-refractivity contribution >= 4 is 27.7 Å². The average molecular weight is 252 g/mol. The minimum atomic E-state index is -1.52. The molecule has 0 bridgehead atoms. The van der Waals surface area contributed by atoms with Gasteiger partial charge in [0.05, 0.1) is 4.47 Å². The second kappa shape index (κ2) is 3.69. The van der Waals surface area contributed by atoms with Gasteiger partial charge in [0.15, 0.2) is 5.82 Å². The molecule has 0 spiro atoms. The Morgan fingerprint density at radius 1 is 1.46 bits per heavy atom. The molecule has 0 radical (unpaired) electrons. The summed E-state index contributed by atoms with van der Waals surface area (Å²) in [6, 6.07) is 2.11. The van der Waals surface area contributed by atoms with Crippen molar-refractivity contribution in [3.05, 3.63) is 28.2 Å². The fourth-order valence-corrected chi connectivity index (χ4v) is 1.08. The molecule has 0 aliphatic carbocycles. The van der Waals surface area contributed by atoms with Gasteiger partial charge in [-0.1, -0.05) is 0 Å². The number of benzene rings is 1. The van der Waals surface area contributed by atoms with Crippen LogP contribution in [0.25, 0.3) is 0 Å². The summed E-state index contributed by atoms with van der Waals surface area (Å²) in [5, 5.41) is 9.87. The summed E-state index contributed by atoms with van der Waals surface area (Å²) >= 11 is 2.80. The quantitative estimate of drug-likeness (QED) is 0.755. The van der Waals surface area contributed by atoms with Crippen LogP contribution in [0, 0.1) is 11.6 Å².